The molecule has 1 N–H and O–H groups in total. The molecular weight excluding hydrogens is 492 g/mol. The summed E-state index contributed by atoms with van der Waals surface area (Å²) in [6, 6.07) is 7.91. The van der Waals surface area contributed by atoms with Crippen LogP contribution in [-0.4, -0.2) is 30.2 Å². The Bertz CT molecular complexity index is 840. The fourth-order valence-electron chi connectivity index (χ4n) is 4.63. The molecule has 1 aromatic carbocycles. The summed E-state index contributed by atoms with van der Waals surface area (Å²) in [5, 5.41) is 0. The molecule has 0 aliphatic heterocycles. The van der Waals surface area contributed by atoms with Crippen LogP contribution in [0.15, 0.2) is 35.3 Å². The number of nitrogens with zero attached hydrogens (tertiary/aromatic N) is 1. The Morgan fingerprint density at radius 3 is 2.44 bits per heavy atom. The van der Waals surface area contributed by atoms with Gasteiger partial charge in [0.25, 0.3) is 0 Å². The van der Waals surface area contributed by atoms with E-state index in [4.69, 9.17) is 0 Å². The summed E-state index contributed by atoms with van der Waals surface area (Å²) in [7, 11) is -5.54. The molecule has 3 unspecified atom stereocenters. The summed E-state index contributed by atoms with van der Waals surface area (Å²) in [4.78, 5) is 4.59. The fraction of sp³-hybridized carbons (Fsp3) is 0.611. The zero-order chi connectivity index (χ0) is 20.1. The number of hydrogen-bond acceptors (Lipinski definition) is 3. The Kier molecular flexibility index (Phi) is 5.33. The molecule has 0 amide bonds. The first-order valence-electron chi connectivity index (χ1n) is 8.73. The number of rotatable bonds is 4. The highest BCUT2D eigenvalue weighted by molar-refractivity contribution is 14.1. The lowest BCUT2D eigenvalue weighted by atomic mass is 9.69. The van der Waals surface area contributed by atoms with Crippen molar-refractivity contribution in [1.82, 2.24) is 4.72 Å². The Morgan fingerprint density at radius 1 is 1.30 bits per heavy atom. The molecule has 2 saturated carbocycles. The minimum Gasteiger partial charge on any atom is -0.263 e. The summed E-state index contributed by atoms with van der Waals surface area (Å²) in [6.45, 7) is 4.39. The van der Waals surface area contributed by atoms with Crippen molar-refractivity contribution in [3.05, 3.63) is 35.9 Å². The molecule has 27 heavy (non-hydrogen) atoms. The van der Waals surface area contributed by atoms with Gasteiger partial charge in [0, 0.05) is 15.4 Å². The van der Waals surface area contributed by atoms with Gasteiger partial charge >= 0.3 is 15.5 Å². The van der Waals surface area contributed by atoms with Crippen molar-refractivity contribution in [2.75, 3.05) is 4.43 Å². The highest BCUT2D eigenvalue weighted by Crippen LogP contribution is 2.67. The van der Waals surface area contributed by atoms with Gasteiger partial charge in [0.05, 0.1) is 6.04 Å². The van der Waals surface area contributed by atoms with Crippen LogP contribution in [0.3, 0.4) is 0 Å². The van der Waals surface area contributed by atoms with Gasteiger partial charge in [0.1, 0.15) is 5.84 Å². The van der Waals surface area contributed by atoms with Gasteiger partial charge < -0.3 is 0 Å². The number of amidine groups is 1. The second-order valence-electron chi connectivity index (χ2n) is 7.89. The normalized spacial score (nSPS) is 30.5. The predicted octanol–water partition coefficient (Wildman–Crippen LogP) is 4.50. The maximum absolute atomic E-state index is 12.9. The summed E-state index contributed by atoms with van der Waals surface area (Å²) >= 11 is 2.32. The SMILES string of the molecule is CC1(C)C2CCC1(CI)C(N=C(NS(=O)(=O)C(F)(F)F)c1ccccc1)C2. The van der Waals surface area contributed by atoms with E-state index in [1.165, 1.54) is 0 Å². The van der Waals surface area contributed by atoms with E-state index < -0.39 is 15.5 Å². The molecule has 3 rings (SSSR count). The van der Waals surface area contributed by atoms with Gasteiger partial charge in [-0.25, -0.2) is 0 Å². The highest BCUT2D eigenvalue weighted by atomic mass is 127. The maximum Gasteiger partial charge on any atom is 0.516 e. The second-order valence-corrected chi connectivity index (χ2v) is 10.3. The molecule has 1 aromatic rings. The predicted molar refractivity (Wildman–Crippen MR) is 107 cm³/mol. The van der Waals surface area contributed by atoms with Gasteiger partial charge in [-0.15, -0.1) is 0 Å². The molecule has 2 aliphatic carbocycles. The van der Waals surface area contributed by atoms with Crippen molar-refractivity contribution in [3.63, 3.8) is 0 Å². The molecule has 2 fully saturated rings. The van der Waals surface area contributed by atoms with Crippen LogP contribution in [-0.2, 0) is 10.0 Å². The Balaban J connectivity index is 2.05. The van der Waals surface area contributed by atoms with Gasteiger partial charge in [-0.1, -0.05) is 66.8 Å². The third-order valence-corrected chi connectivity index (χ3v) is 8.93. The Labute approximate surface area is 171 Å². The fourth-order valence-corrected chi connectivity index (χ4v) is 7.04. The first kappa shape index (κ1) is 20.9. The zero-order valence-corrected chi connectivity index (χ0v) is 18.0. The largest absolute Gasteiger partial charge is 0.516 e. The van der Waals surface area contributed by atoms with E-state index in [1.807, 2.05) is 0 Å². The number of sulfonamides is 1. The lowest BCUT2D eigenvalue weighted by Gasteiger charge is -2.40. The van der Waals surface area contributed by atoms with Crippen LogP contribution in [0.2, 0.25) is 0 Å². The average Bonchev–Trinajstić information content (AvgIpc) is 2.96. The molecule has 2 bridgehead atoms. The van der Waals surface area contributed by atoms with Crippen LogP contribution in [0, 0.1) is 16.7 Å². The van der Waals surface area contributed by atoms with Crippen molar-refractivity contribution < 1.29 is 21.6 Å². The van der Waals surface area contributed by atoms with Gasteiger partial charge in [-0.3, -0.25) is 9.71 Å². The van der Waals surface area contributed by atoms with Gasteiger partial charge in [0.15, 0.2) is 0 Å². The number of fused-ring (bicyclic) bond motifs is 2. The number of halogens is 4. The Hall–Kier alpha value is -0.840. The van der Waals surface area contributed by atoms with E-state index >= 15 is 0 Å². The van der Waals surface area contributed by atoms with Crippen LogP contribution < -0.4 is 4.72 Å². The minimum absolute atomic E-state index is 0.0209. The quantitative estimate of drug-likeness (QED) is 0.279. The molecule has 3 atom stereocenters. The molecule has 4 nitrogen and oxygen atoms in total. The smallest absolute Gasteiger partial charge is 0.263 e. The Morgan fingerprint density at radius 2 is 1.93 bits per heavy atom. The van der Waals surface area contributed by atoms with Crippen LogP contribution in [0.25, 0.3) is 0 Å². The summed E-state index contributed by atoms with van der Waals surface area (Å²) in [5.74, 6) is 0.211. The van der Waals surface area contributed by atoms with Crippen LogP contribution in [0.4, 0.5) is 13.2 Å². The van der Waals surface area contributed by atoms with E-state index in [9.17, 15) is 21.6 Å². The first-order valence-corrected chi connectivity index (χ1v) is 11.7. The lowest BCUT2D eigenvalue weighted by Crippen LogP contribution is -2.43. The monoisotopic (exact) mass is 514 g/mol. The molecule has 0 radical (unpaired) electrons. The zero-order valence-electron chi connectivity index (χ0n) is 15.1. The molecule has 0 aromatic heterocycles. The molecule has 0 saturated heterocycles. The van der Waals surface area contributed by atoms with Crippen LogP contribution in [0.1, 0.15) is 38.7 Å². The number of hydrogen-bond donors (Lipinski definition) is 1. The standard InChI is InChI=1S/C18H22F3IN2O2S/c1-16(2)13-8-9-17(16,11-22)14(10-13)23-15(12-6-4-3-5-7-12)24-27(25,26)18(19,20)21/h3-7,13-14H,8-11H2,1-2H3,(H,23,24). The van der Waals surface area contributed by atoms with Crippen LogP contribution >= 0.6 is 22.6 Å². The minimum atomic E-state index is -5.54. The van der Waals surface area contributed by atoms with Crippen molar-refractivity contribution in [3.8, 4) is 0 Å². The number of alkyl halides is 4. The van der Waals surface area contributed by atoms with E-state index in [-0.39, 0.29) is 22.7 Å². The summed E-state index contributed by atoms with van der Waals surface area (Å²) in [6.07, 6.45) is 2.80. The molecule has 0 spiro atoms. The van der Waals surface area contributed by atoms with Crippen molar-refractivity contribution >= 4 is 38.4 Å². The average molecular weight is 514 g/mol. The summed E-state index contributed by atoms with van der Waals surface area (Å²) in [5.41, 5.74) is -5.18. The van der Waals surface area contributed by atoms with Crippen LogP contribution in [0.5, 0.6) is 0 Å². The first-order chi connectivity index (χ1) is 12.4. The van der Waals surface area contributed by atoms with Gasteiger partial charge in [0.2, 0.25) is 0 Å². The summed E-state index contributed by atoms with van der Waals surface area (Å²) < 4.78 is 64.8. The van der Waals surface area contributed by atoms with E-state index in [2.05, 4.69) is 41.4 Å². The van der Waals surface area contributed by atoms with Gasteiger partial charge in [-0.2, -0.15) is 21.6 Å². The third-order valence-electron chi connectivity index (χ3n) is 6.49. The molecule has 2 aliphatic rings. The van der Waals surface area contributed by atoms with E-state index in [0.717, 1.165) is 23.7 Å². The third kappa shape index (κ3) is 3.38. The topological polar surface area (TPSA) is 58.5 Å². The molecule has 9 heteroatoms. The van der Waals surface area contributed by atoms with Crippen molar-refractivity contribution in [2.24, 2.45) is 21.7 Å². The van der Waals surface area contributed by atoms with Gasteiger partial charge in [-0.05, 0) is 30.6 Å². The second kappa shape index (κ2) is 6.89. The van der Waals surface area contributed by atoms with E-state index in [1.54, 1.807) is 35.1 Å². The number of benzene rings is 1. The van der Waals surface area contributed by atoms with Crippen molar-refractivity contribution in [1.29, 1.82) is 0 Å². The number of aliphatic imine (C=N–C) groups is 1. The molecular formula is C18H22F3IN2O2S. The maximum atomic E-state index is 12.9. The lowest BCUT2D eigenvalue weighted by molar-refractivity contribution is -0.0442. The number of nitrogens with one attached hydrogen (secondary N) is 1. The molecule has 0 heterocycles. The van der Waals surface area contributed by atoms with Crippen molar-refractivity contribution in [2.45, 2.75) is 44.7 Å². The highest BCUT2D eigenvalue weighted by Gasteiger charge is 2.63. The molecule has 150 valence electrons. The van der Waals surface area contributed by atoms with E-state index in [0.29, 0.717) is 11.5 Å².